The van der Waals surface area contributed by atoms with Crippen LogP contribution in [0.2, 0.25) is 0 Å². The second-order valence-electron chi connectivity index (χ2n) is 6.28. The van der Waals surface area contributed by atoms with Crippen molar-refractivity contribution in [1.82, 2.24) is 4.31 Å². The smallest absolute Gasteiger partial charge is 0.243 e. The van der Waals surface area contributed by atoms with E-state index in [4.69, 9.17) is 0 Å². The number of sulfonamides is 1. The van der Waals surface area contributed by atoms with Gasteiger partial charge in [-0.25, -0.2) is 12.8 Å². The predicted octanol–water partition coefficient (Wildman–Crippen LogP) is 3.18. The number of carbonyl (C=O) groups excluding carboxylic acids is 1. The maximum absolute atomic E-state index is 13.6. The minimum absolute atomic E-state index is 0.148. The van der Waals surface area contributed by atoms with Crippen LogP contribution in [0.1, 0.15) is 24.8 Å². The van der Waals surface area contributed by atoms with Gasteiger partial charge in [-0.05, 0) is 55.2 Å². The molecule has 1 saturated heterocycles. The van der Waals surface area contributed by atoms with Crippen molar-refractivity contribution in [1.29, 1.82) is 0 Å². The van der Waals surface area contributed by atoms with Crippen molar-refractivity contribution in [3.63, 3.8) is 0 Å². The van der Waals surface area contributed by atoms with Crippen molar-refractivity contribution >= 4 is 21.6 Å². The van der Waals surface area contributed by atoms with Gasteiger partial charge in [0.1, 0.15) is 5.82 Å². The topological polar surface area (TPSA) is 66.5 Å². The number of aryl methyl sites for hydroxylation is 1. The molecular weight excluding hydrogens is 355 g/mol. The number of benzene rings is 2. The molecule has 1 aliphatic rings. The van der Waals surface area contributed by atoms with Gasteiger partial charge < -0.3 is 5.32 Å². The lowest BCUT2D eigenvalue weighted by Gasteiger charge is -2.15. The number of carbonyl (C=O) groups is 1. The largest absolute Gasteiger partial charge is 0.326 e. The Balaban J connectivity index is 1.58. The van der Waals surface area contributed by atoms with Crippen LogP contribution >= 0.6 is 0 Å². The highest BCUT2D eigenvalue weighted by molar-refractivity contribution is 7.89. The van der Waals surface area contributed by atoms with Gasteiger partial charge >= 0.3 is 0 Å². The van der Waals surface area contributed by atoms with E-state index in [0.717, 1.165) is 12.8 Å². The molecule has 2 aromatic rings. The van der Waals surface area contributed by atoms with Gasteiger partial charge in [-0.3, -0.25) is 4.79 Å². The van der Waals surface area contributed by atoms with Crippen molar-refractivity contribution in [2.75, 3.05) is 18.4 Å². The van der Waals surface area contributed by atoms with Gasteiger partial charge in [0.05, 0.1) is 4.90 Å². The van der Waals surface area contributed by atoms with Crippen LogP contribution in [0.3, 0.4) is 0 Å². The number of nitrogens with one attached hydrogen (secondary N) is 1. The average Bonchev–Trinajstić information content (AvgIpc) is 3.17. The molecule has 1 aliphatic heterocycles. The number of halogens is 1. The minimum atomic E-state index is -3.46. The van der Waals surface area contributed by atoms with Gasteiger partial charge in [0, 0.05) is 25.2 Å². The van der Waals surface area contributed by atoms with Gasteiger partial charge in [-0.15, -0.1) is 0 Å². The Bertz CT molecular complexity index is 876. The summed E-state index contributed by atoms with van der Waals surface area (Å²) in [5.74, 6) is -0.569. The normalized spacial score (nSPS) is 15.1. The molecule has 1 heterocycles. The first-order chi connectivity index (χ1) is 12.5. The van der Waals surface area contributed by atoms with E-state index in [1.807, 2.05) is 0 Å². The van der Waals surface area contributed by atoms with E-state index >= 15 is 0 Å². The van der Waals surface area contributed by atoms with E-state index in [-0.39, 0.29) is 23.0 Å². The molecule has 26 heavy (non-hydrogen) atoms. The zero-order valence-corrected chi connectivity index (χ0v) is 15.1. The number of hydrogen-bond acceptors (Lipinski definition) is 3. The molecule has 0 aromatic heterocycles. The SMILES string of the molecule is O=C(CCc1ccccc1F)Nc1ccc(S(=O)(=O)N2CCCC2)cc1. The van der Waals surface area contributed by atoms with Crippen molar-refractivity contribution in [3.05, 3.63) is 59.9 Å². The number of rotatable bonds is 6. The van der Waals surface area contributed by atoms with E-state index < -0.39 is 10.0 Å². The van der Waals surface area contributed by atoms with Crippen LogP contribution in [0.25, 0.3) is 0 Å². The molecule has 1 N–H and O–H groups in total. The number of nitrogens with zero attached hydrogens (tertiary/aromatic N) is 1. The highest BCUT2D eigenvalue weighted by atomic mass is 32.2. The molecule has 0 spiro atoms. The third kappa shape index (κ3) is 4.28. The van der Waals surface area contributed by atoms with E-state index in [1.165, 1.54) is 22.5 Å². The molecule has 1 amide bonds. The molecule has 0 aliphatic carbocycles. The maximum atomic E-state index is 13.6. The van der Waals surface area contributed by atoms with Gasteiger partial charge in [-0.1, -0.05) is 18.2 Å². The number of anilines is 1. The Morgan fingerprint density at radius 2 is 1.69 bits per heavy atom. The summed E-state index contributed by atoms with van der Waals surface area (Å²) < 4.78 is 40.0. The first kappa shape index (κ1) is 18.5. The molecular formula is C19H21FN2O3S. The summed E-state index contributed by atoms with van der Waals surface area (Å²) in [4.78, 5) is 12.3. The fourth-order valence-electron chi connectivity index (χ4n) is 2.96. The first-order valence-corrected chi connectivity index (χ1v) is 10.0. The van der Waals surface area contributed by atoms with E-state index in [1.54, 1.807) is 30.3 Å². The summed E-state index contributed by atoms with van der Waals surface area (Å²) in [5.41, 5.74) is 1.01. The monoisotopic (exact) mass is 376 g/mol. The second kappa shape index (κ2) is 7.97. The minimum Gasteiger partial charge on any atom is -0.326 e. The first-order valence-electron chi connectivity index (χ1n) is 8.60. The van der Waals surface area contributed by atoms with Crippen LogP contribution in [0.5, 0.6) is 0 Å². The summed E-state index contributed by atoms with van der Waals surface area (Å²) in [6.07, 6.45) is 2.22. The lowest BCUT2D eigenvalue weighted by Crippen LogP contribution is -2.27. The van der Waals surface area contributed by atoms with E-state index in [2.05, 4.69) is 5.32 Å². The standard InChI is InChI=1S/C19H21FN2O3S/c20-18-6-2-1-5-15(18)7-12-19(23)21-16-8-10-17(11-9-16)26(24,25)22-13-3-4-14-22/h1-2,5-6,8-11H,3-4,7,12-14H2,(H,21,23). The summed E-state index contributed by atoms with van der Waals surface area (Å²) in [6, 6.07) is 12.5. The number of hydrogen-bond donors (Lipinski definition) is 1. The molecule has 3 rings (SSSR count). The highest BCUT2D eigenvalue weighted by Crippen LogP contribution is 2.22. The van der Waals surface area contributed by atoms with Gasteiger partial charge in [0.25, 0.3) is 0 Å². The molecule has 7 heteroatoms. The van der Waals surface area contributed by atoms with Crippen molar-refractivity contribution in [3.8, 4) is 0 Å². The van der Waals surface area contributed by atoms with Gasteiger partial charge in [-0.2, -0.15) is 4.31 Å². The second-order valence-corrected chi connectivity index (χ2v) is 8.21. The Kier molecular flexibility index (Phi) is 5.68. The Morgan fingerprint density at radius 3 is 2.35 bits per heavy atom. The predicted molar refractivity (Wildman–Crippen MR) is 97.8 cm³/mol. The Labute approximate surface area is 152 Å². The van der Waals surface area contributed by atoms with Crippen LogP contribution in [-0.2, 0) is 21.2 Å². The third-order valence-corrected chi connectivity index (χ3v) is 6.33. The quantitative estimate of drug-likeness (QED) is 0.842. The maximum Gasteiger partial charge on any atom is 0.243 e. The fraction of sp³-hybridized carbons (Fsp3) is 0.316. The lowest BCUT2D eigenvalue weighted by atomic mass is 10.1. The third-order valence-electron chi connectivity index (χ3n) is 4.42. The zero-order chi connectivity index (χ0) is 18.6. The average molecular weight is 376 g/mol. The fourth-order valence-corrected chi connectivity index (χ4v) is 4.48. The molecule has 138 valence electrons. The van der Waals surface area contributed by atoms with E-state index in [9.17, 15) is 17.6 Å². The molecule has 2 aromatic carbocycles. The molecule has 0 atom stereocenters. The van der Waals surface area contributed by atoms with Crippen LogP contribution < -0.4 is 5.32 Å². The summed E-state index contributed by atoms with van der Waals surface area (Å²) in [7, 11) is -3.46. The molecule has 0 bridgehead atoms. The summed E-state index contributed by atoms with van der Waals surface area (Å²) >= 11 is 0. The molecule has 5 nitrogen and oxygen atoms in total. The summed E-state index contributed by atoms with van der Waals surface area (Å²) in [6.45, 7) is 1.10. The highest BCUT2D eigenvalue weighted by Gasteiger charge is 2.26. The van der Waals surface area contributed by atoms with Crippen LogP contribution in [0.15, 0.2) is 53.4 Å². The van der Waals surface area contributed by atoms with Crippen LogP contribution in [0, 0.1) is 5.82 Å². The van der Waals surface area contributed by atoms with Gasteiger partial charge in [0.2, 0.25) is 15.9 Å². The van der Waals surface area contributed by atoms with Crippen molar-refractivity contribution < 1.29 is 17.6 Å². The lowest BCUT2D eigenvalue weighted by molar-refractivity contribution is -0.116. The summed E-state index contributed by atoms with van der Waals surface area (Å²) in [5, 5.41) is 2.71. The number of amides is 1. The molecule has 0 unspecified atom stereocenters. The molecule has 0 radical (unpaired) electrons. The molecule has 1 fully saturated rings. The van der Waals surface area contributed by atoms with Crippen LogP contribution in [-0.4, -0.2) is 31.7 Å². The van der Waals surface area contributed by atoms with Crippen molar-refractivity contribution in [2.45, 2.75) is 30.6 Å². The zero-order valence-electron chi connectivity index (χ0n) is 14.3. The van der Waals surface area contributed by atoms with Crippen molar-refractivity contribution in [2.24, 2.45) is 0 Å². The van der Waals surface area contributed by atoms with Gasteiger partial charge in [0.15, 0.2) is 0 Å². The Hall–Kier alpha value is -2.25. The van der Waals surface area contributed by atoms with Crippen LogP contribution in [0.4, 0.5) is 10.1 Å². The molecule has 0 saturated carbocycles. The van der Waals surface area contributed by atoms with E-state index in [0.29, 0.717) is 30.8 Å². The Morgan fingerprint density at radius 1 is 1.04 bits per heavy atom.